The lowest BCUT2D eigenvalue weighted by Crippen LogP contribution is -2.51. The molecule has 2 amide bonds. The van der Waals surface area contributed by atoms with Gasteiger partial charge in [0, 0.05) is 16.8 Å². The second-order valence-electron chi connectivity index (χ2n) is 7.50. The molecule has 0 radical (unpaired) electrons. The molecule has 6 nitrogen and oxygen atoms in total. The second kappa shape index (κ2) is 7.75. The van der Waals surface area contributed by atoms with Crippen LogP contribution in [0.1, 0.15) is 43.0 Å². The first-order valence-electron chi connectivity index (χ1n) is 9.51. The number of rotatable bonds is 4. The van der Waals surface area contributed by atoms with Crippen LogP contribution in [0, 0.1) is 5.92 Å². The average molecular weight is 405 g/mol. The number of hydrogen-bond donors (Lipinski definition) is 1. The van der Waals surface area contributed by atoms with Gasteiger partial charge in [-0.3, -0.25) is 9.59 Å². The number of piperidine rings is 1. The van der Waals surface area contributed by atoms with E-state index >= 15 is 0 Å². The summed E-state index contributed by atoms with van der Waals surface area (Å²) in [7, 11) is 0. The van der Waals surface area contributed by atoms with Crippen molar-refractivity contribution in [3.05, 3.63) is 16.8 Å². The molecule has 3 heterocycles. The fourth-order valence-corrected chi connectivity index (χ4v) is 6.42. The van der Waals surface area contributed by atoms with E-state index in [-0.39, 0.29) is 11.7 Å². The molecule has 4 rings (SSSR count). The number of primary amides is 1. The zero-order valence-corrected chi connectivity index (χ0v) is 17.1. The molecule has 2 aliphatic rings. The molecule has 0 aromatic carbocycles. The summed E-state index contributed by atoms with van der Waals surface area (Å²) in [6.45, 7) is 2.90. The number of thioether (sulfide) groups is 1. The third kappa shape index (κ3) is 3.69. The summed E-state index contributed by atoms with van der Waals surface area (Å²) < 4.78 is 0. The van der Waals surface area contributed by atoms with E-state index in [1.54, 1.807) is 22.6 Å². The molecular weight excluding hydrogens is 380 g/mol. The van der Waals surface area contributed by atoms with Crippen LogP contribution in [0.25, 0.3) is 10.2 Å². The third-order valence-corrected chi connectivity index (χ3v) is 7.68. The molecule has 1 fully saturated rings. The number of nitrogens with zero attached hydrogens (tertiary/aromatic N) is 3. The van der Waals surface area contributed by atoms with Gasteiger partial charge in [0.25, 0.3) is 0 Å². The van der Waals surface area contributed by atoms with Crippen molar-refractivity contribution in [2.45, 2.75) is 56.5 Å². The maximum Gasteiger partial charge on any atom is 0.240 e. The molecule has 8 heteroatoms. The van der Waals surface area contributed by atoms with E-state index in [1.165, 1.54) is 28.6 Å². The van der Waals surface area contributed by atoms with Crippen molar-refractivity contribution in [3.63, 3.8) is 0 Å². The Morgan fingerprint density at radius 1 is 1.33 bits per heavy atom. The average Bonchev–Trinajstić information content (AvgIpc) is 3.04. The summed E-state index contributed by atoms with van der Waals surface area (Å²) in [5, 5.41) is 2.01. The van der Waals surface area contributed by atoms with Crippen molar-refractivity contribution in [3.8, 4) is 0 Å². The summed E-state index contributed by atoms with van der Waals surface area (Å²) in [5.41, 5.74) is 6.86. The molecule has 0 unspecified atom stereocenters. The van der Waals surface area contributed by atoms with Gasteiger partial charge in [0.05, 0.1) is 5.75 Å². The number of thiophene rings is 1. The Labute approximate surface area is 166 Å². The van der Waals surface area contributed by atoms with Gasteiger partial charge < -0.3 is 10.6 Å². The normalized spacial score (nSPS) is 22.6. The second-order valence-corrected chi connectivity index (χ2v) is 9.55. The summed E-state index contributed by atoms with van der Waals surface area (Å²) in [6, 6.07) is -0.465. The van der Waals surface area contributed by atoms with Crippen molar-refractivity contribution in [2.24, 2.45) is 11.7 Å². The van der Waals surface area contributed by atoms with Crippen LogP contribution in [0.15, 0.2) is 11.4 Å². The molecule has 2 aromatic rings. The zero-order valence-electron chi connectivity index (χ0n) is 15.4. The molecule has 0 saturated carbocycles. The molecule has 0 bridgehead atoms. The van der Waals surface area contributed by atoms with Gasteiger partial charge in [-0.05, 0) is 50.0 Å². The maximum atomic E-state index is 12.7. The van der Waals surface area contributed by atoms with Gasteiger partial charge in [-0.15, -0.1) is 11.3 Å². The van der Waals surface area contributed by atoms with Crippen LogP contribution in [-0.4, -0.2) is 45.0 Å². The minimum Gasteiger partial charge on any atom is -0.368 e. The van der Waals surface area contributed by atoms with Crippen LogP contribution in [0.5, 0.6) is 0 Å². The highest BCUT2D eigenvalue weighted by atomic mass is 32.2. The molecule has 1 aliphatic heterocycles. The number of hydrogen-bond acceptors (Lipinski definition) is 6. The van der Waals surface area contributed by atoms with Crippen molar-refractivity contribution >= 4 is 45.1 Å². The van der Waals surface area contributed by atoms with Crippen molar-refractivity contribution in [2.75, 3.05) is 12.3 Å². The highest BCUT2D eigenvalue weighted by Crippen LogP contribution is 2.40. The van der Waals surface area contributed by atoms with Crippen LogP contribution < -0.4 is 5.73 Å². The summed E-state index contributed by atoms with van der Waals surface area (Å²) in [5.74, 6) is 0.546. The van der Waals surface area contributed by atoms with Gasteiger partial charge in [0.2, 0.25) is 11.8 Å². The smallest absolute Gasteiger partial charge is 0.240 e. The Morgan fingerprint density at radius 2 is 2.19 bits per heavy atom. The van der Waals surface area contributed by atoms with Gasteiger partial charge in [0.1, 0.15) is 22.2 Å². The standard InChI is InChI=1S/C19H24N4O2S2/c1-11-5-6-12-14(8-11)27-19-16(12)18(21-10-22-19)26-9-15(24)23-7-3-2-4-13(23)17(20)25/h10-11,13H,2-9H2,1H3,(H2,20,25)/t11-,13-/m1/s1. The predicted octanol–water partition coefficient (Wildman–Crippen LogP) is 2.77. The molecular formula is C19H24N4O2S2. The summed E-state index contributed by atoms with van der Waals surface area (Å²) >= 11 is 3.22. The van der Waals surface area contributed by atoms with Gasteiger partial charge in [-0.25, -0.2) is 9.97 Å². The molecule has 2 N–H and O–H groups in total. The number of carbonyl (C=O) groups excluding carboxylic acids is 2. The minimum atomic E-state index is -0.465. The highest BCUT2D eigenvalue weighted by molar-refractivity contribution is 8.00. The Bertz CT molecular complexity index is 882. The molecule has 1 saturated heterocycles. The number of nitrogens with two attached hydrogens (primary N) is 1. The van der Waals surface area contributed by atoms with Gasteiger partial charge in [0.15, 0.2) is 0 Å². The highest BCUT2D eigenvalue weighted by Gasteiger charge is 2.31. The van der Waals surface area contributed by atoms with E-state index < -0.39 is 11.9 Å². The van der Waals surface area contributed by atoms with E-state index in [1.807, 2.05) is 0 Å². The molecule has 27 heavy (non-hydrogen) atoms. The Morgan fingerprint density at radius 3 is 3.00 bits per heavy atom. The fourth-order valence-electron chi connectivity index (χ4n) is 4.09. The van der Waals surface area contributed by atoms with Gasteiger partial charge in [-0.2, -0.15) is 0 Å². The van der Waals surface area contributed by atoms with Crippen LogP contribution in [-0.2, 0) is 22.4 Å². The minimum absolute atomic E-state index is 0.0343. The van der Waals surface area contributed by atoms with Crippen molar-refractivity contribution in [1.29, 1.82) is 0 Å². The number of aryl methyl sites for hydroxylation is 1. The molecule has 2 aromatic heterocycles. The number of amides is 2. The topological polar surface area (TPSA) is 89.2 Å². The summed E-state index contributed by atoms with van der Waals surface area (Å²) in [4.78, 5) is 37.5. The predicted molar refractivity (Wildman–Crippen MR) is 108 cm³/mol. The Balaban J connectivity index is 1.54. The lowest BCUT2D eigenvalue weighted by Gasteiger charge is -2.33. The van der Waals surface area contributed by atoms with Crippen molar-refractivity contribution in [1.82, 2.24) is 14.9 Å². The SMILES string of the molecule is C[C@@H]1CCc2c(sc3ncnc(SCC(=O)N4CCCC[C@@H]4C(N)=O)c23)C1. The summed E-state index contributed by atoms with van der Waals surface area (Å²) in [6.07, 6.45) is 7.47. The monoisotopic (exact) mass is 404 g/mol. The first-order chi connectivity index (χ1) is 13.0. The number of carbonyl (C=O) groups is 2. The third-order valence-electron chi connectivity index (χ3n) is 5.54. The van der Waals surface area contributed by atoms with E-state index in [0.717, 1.165) is 40.9 Å². The zero-order chi connectivity index (χ0) is 19.0. The number of aromatic nitrogens is 2. The molecule has 1 aliphatic carbocycles. The lowest BCUT2D eigenvalue weighted by atomic mass is 9.89. The largest absolute Gasteiger partial charge is 0.368 e. The van der Waals surface area contributed by atoms with Crippen LogP contribution in [0.4, 0.5) is 0 Å². The molecule has 0 spiro atoms. The fraction of sp³-hybridized carbons (Fsp3) is 0.579. The van der Waals surface area contributed by atoms with E-state index in [4.69, 9.17) is 5.73 Å². The molecule has 2 atom stereocenters. The molecule has 144 valence electrons. The first-order valence-corrected chi connectivity index (χ1v) is 11.3. The maximum absolute atomic E-state index is 12.7. The van der Waals surface area contributed by atoms with Crippen LogP contribution >= 0.6 is 23.1 Å². The van der Waals surface area contributed by atoms with E-state index in [2.05, 4.69) is 16.9 Å². The van der Waals surface area contributed by atoms with Crippen LogP contribution in [0.2, 0.25) is 0 Å². The van der Waals surface area contributed by atoms with Crippen LogP contribution in [0.3, 0.4) is 0 Å². The number of fused-ring (bicyclic) bond motifs is 3. The quantitative estimate of drug-likeness (QED) is 0.625. The van der Waals surface area contributed by atoms with E-state index in [0.29, 0.717) is 18.9 Å². The number of likely N-dealkylation sites (tertiary alicyclic amines) is 1. The van der Waals surface area contributed by atoms with Gasteiger partial charge >= 0.3 is 0 Å². The Hall–Kier alpha value is -1.67. The Kier molecular flexibility index (Phi) is 5.36. The van der Waals surface area contributed by atoms with Crippen molar-refractivity contribution < 1.29 is 9.59 Å². The van der Waals surface area contributed by atoms with Gasteiger partial charge in [-0.1, -0.05) is 18.7 Å². The van der Waals surface area contributed by atoms with E-state index in [9.17, 15) is 9.59 Å². The lowest BCUT2D eigenvalue weighted by molar-refractivity contribution is -0.138. The first kappa shape index (κ1) is 18.7.